The molecule has 2 heterocycles. The molecule has 0 bridgehead atoms. The zero-order valence-electron chi connectivity index (χ0n) is 14.5. The van der Waals surface area contributed by atoms with Crippen molar-refractivity contribution in [2.45, 2.75) is 26.2 Å². The van der Waals surface area contributed by atoms with Gasteiger partial charge in [0.2, 0.25) is 6.79 Å². The van der Waals surface area contributed by atoms with E-state index >= 15 is 0 Å². The van der Waals surface area contributed by atoms with Crippen LogP contribution in [0.25, 0.3) is 0 Å². The molecule has 3 rings (SSSR count). The summed E-state index contributed by atoms with van der Waals surface area (Å²) in [4.78, 5) is 2.40. The summed E-state index contributed by atoms with van der Waals surface area (Å²) in [6, 6.07) is 5.88. The van der Waals surface area contributed by atoms with Crippen molar-refractivity contribution in [3.05, 3.63) is 41.9 Å². The van der Waals surface area contributed by atoms with E-state index in [1.54, 1.807) is 0 Å². The van der Waals surface area contributed by atoms with Crippen LogP contribution in [0.3, 0.4) is 0 Å². The molecular formula is C19H26N3O2+. The molecule has 5 nitrogen and oxygen atoms in total. The lowest BCUT2D eigenvalue weighted by molar-refractivity contribution is -0.455. The van der Waals surface area contributed by atoms with Crippen LogP contribution in [0.15, 0.2) is 41.9 Å². The fourth-order valence-electron chi connectivity index (χ4n) is 3.08. The highest BCUT2D eigenvalue weighted by molar-refractivity contribution is 5.67. The summed E-state index contributed by atoms with van der Waals surface area (Å²) in [5.74, 6) is 2.68. The number of anilines is 1. The van der Waals surface area contributed by atoms with Crippen LogP contribution in [-0.4, -0.2) is 43.1 Å². The zero-order chi connectivity index (χ0) is 16.9. The average Bonchev–Trinajstić information content (AvgIpc) is 3.08. The molecule has 1 N–H and O–H groups in total. The van der Waals surface area contributed by atoms with E-state index in [-0.39, 0.29) is 6.79 Å². The van der Waals surface area contributed by atoms with Crippen LogP contribution in [0.5, 0.6) is 11.5 Å². The van der Waals surface area contributed by atoms with Crippen molar-refractivity contribution in [2.75, 3.05) is 32.2 Å². The minimum absolute atomic E-state index is 0.273. The van der Waals surface area contributed by atoms with Gasteiger partial charge in [-0.25, -0.2) is 4.58 Å². The Labute approximate surface area is 143 Å². The van der Waals surface area contributed by atoms with E-state index in [2.05, 4.69) is 29.1 Å². The van der Waals surface area contributed by atoms with Crippen molar-refractivity contribution in [2.24, 2.45) is 0 Å². The van der Waals surface area contributed by atoms with Crippen molar-refractivity contribution >= 4 is 12.4 Å². The molecule has 24 heavy (non-hydrogen) atoms. The lowest BCUT2D eigenvalue weighted by Gasteiger charge is -2.24. The quantitative estimate of drug-likeness (QED) is 0.511. The first kappa shape index (κ1) is 16.4. The number of nitrogens with zero attached hydrogens (tertiary/aromatic N) is 2. The van der Waals surface area contributed by atoms with E-state index in [0.717, 1.165) is 41.8 Å². The van der Waals surface area contributed by atoms with Gasteiger partial charge in [-0.1, -0.05) is 12.1 Å². The minimum Gasteiger partial charge on any atom is -0.454 e. The number of nitrogens with one attached hydrogen (secondary N) is 1. The van der Waals surface area contributed by atoms with Gasteiger partial charge in [0.05, 0.1) is 38.6 Å². The summed E-state index contributed by atoms with van der Waals surface area (Å²) >= 11 is 0. The SMILES string of the molecule is C=[N+](C)/C(=C\C(=C/C)Nc1cccc2c1OCO2)N1CCCCC1. The van der Waals surface area contributed by atoms with Gasteiger partial charge in [-0.05, 0) is 38.3 Å². The van der Waals surface area contributed by atoms with Gasteiger partial charge in [0.1, 0.15) is 0 Å². The van der Waals surface area contributed by atoms with E-state index in [1.807, 2.05) is 36.7 Å². The summed E-state index contributed by atoms with van der Waals surface area (Å²) in [7, 11) is 1.99. The highest BCUT2D eigenvalue weighted by Gasteiger charge is 2.22. The molecule has 0 amide bonds. The van der Waals surface area contributed by atoms with Gasteiger partial charge in [-0.3, -0.25) is 4.90 Å². The molecule has 128 valence electrons. The first-order chi connectivity index (χ1) is 11.7. The van der Waals surface area contributed by atoms with Gasteiger partial charge in [-0.15, -0.1) is 0 Å². The van der Waals surface area contributed by atoms with E-state index in [0.29, 0.717) is 0 Å². The molecule has 1 saturated heterocycles. The molecule has 1 fully saturated rings. The van der Waals surface area contributed by atoms with Crippen LogP contribution in [0.2, 0.25) is 0 Å². The molecule has 2 aliphatic heterocycles. The van der Waals surface area contributed by atoms with Crippen LogP contribution in [-0.2, 0) is 0 Å². The minimum atomic E-state index is 0.273. The van der Waals surface area contributed by atoms with Gasteiger partial charge in [-0.2, -0.15) is 0 Å². The third kappa shape index (κ3) is 3.55. The van der Waals surface area contributed by atoms with E-state index in [4.69, 9.17) is 9.47 Å². The Morgan fingerprint density at radius 2 is 2.04 bits per heavy atom. The standard InChI is InChI=1S/C19H26N3O2/c1-4-15(13-18(21(2)3)22-11-6-5-7-12-22)20-16-9-8-10-17-19(16)24-14-23-17/h4,8-10,13,20H,2,5-7,11-12,14H2,1,3H3/q+1/b15-4+,18-13+. The lowest BCUT2D eigenvalue weighted by Crippen LogP contribution is -2.33. The summed E-state index contributed by atoms with van der Waals surface area (Å²) in [6.45, 7) is 8.55. The smallest absolute Gasteiger partial charge is 0.277 e. The van der Waals surface area contributed by atoms with Crippen molar-refractivity contribution in [3.8, 4) is 11.5 Å². The monoisotopic (exact) mass is 328 g/mol. The molecule has 1 aromatic rings. The molecule has 0 atom stereocenters. The summed E-state index contributed by atoms with van der Waals surface area (Å²) in [5, 5.41) is 3.45. The molecule has 5 heteroatoms. The van der Waals surface area contributed by atoms with Crippen LogP contribution in [0.4, 0.5) is 5.69 Å². The first-order valence-corrected chi connectivity index (χ1v) is 8.52. The summed E-state index contributed by atoms with van der Waals surface area (Å²) in [5.41, 5.74) is 1.93. The van der Waals surface area contributed by atoms with Gasteiger partial charge in [0.15, 0.2) is 11.5 Å². The molecule has 0 aromatic heterocycles. The second-order valence-corrected chi connectivity index (χ2v) is 6.16. The number of para-hydroxylation sites is 1. The number of fused-ring (bicyclic) bond motifs is 1. The molecule has 0 saturated carbocycles. The maximum atomic E-state index is 5.58. The highest BCUT2D eigenvalue weighted by Crippen LogP contribution is 2.39. The topological polar surface area (TPSA) is 36.7 Å². The maximum Gasteiger partial charge on any atom is 0.277 e. The van der Waals surface area contributed by atoms with Gasteiger partial charge >= 0.3 is 0 Å². The number of piperidine rings is 1. The number of hydrogen-bond acceptors (Lipinski definition) is 4. The Balaban J connectivity index is 1.83. The molecule has 1 aromatic carbocycles. The Morgan fingerprint density at radius 1 is 1.25 bits per heavy atom. The van der Waals surface area contributed by atoms with Crippen LogP contribution < -0.4 is 14.8 Å². The van der Waals surface area contributed by atoms with Crippen LogP contribution >= 0.6 is 0 Å². The number of rotatable bonds is 5. The Kier molecular flexibility index (Phi) is 5.08. The van der Waals surface area contributed by atoms with E-state index < -0.39 is 0 Å². The van der Waals surface area contributed by atoms with Crippen molar-refractivity contribution in [1.82, 2.24) is 4.90 Å². The molecule has 0 spiro atoms. The number of benzene rings is 1. The zero-order valence-corrected chi connectivity index (χ0v) is 14.5. The van der Waals surface area contributed by atoms with Gasteiger partial charge in [0, 0.05) is 5.70 Å². The van der Waals surface area contributed by atoms with Crippen molar-refractivity contribution in [3.63, 3.8) is 0 Å². The fourth-order valence-corrected chi connectivity index (χ4v) is 3.08. The number of likely N-dealkylation sites (tertiary alicyclic amines) is 1. The lowest BCUT2D eigenvalue weighted by atomic mass is 10.1. The normalized spacial score (nSPS) is 17.8. The second-order valence-electron chi connectivity index (χ2n) is 6.16. The summed E-state index contributed by atoms with van der Waals surface area (Å²) < 4.78 is 13.0. The van der Waals surface area contributed by atoms with Crippen molar-refractivity contribution in [1.29, 1.82) is 0 Å². The molecule has 0 unspecified atom stereocenters. The second kappa shape index (κ2) is 7.43. The van der Waals surface area contributed by atoms with Crippen LogP contribution in [0.1, 0.15) is 26.2 Å². The number of hydrogen-bond donors (Lipinski definition) is 1. The molecular weight excluding hydrogens is 302 g/mol. The largest absolute Gasteiger partial charge is 0.454 e. The van der Waals surface area contributed by atoms with Crippen molar-refractivity contribution < 1.29 is 14.0 Å². The third-order valence-corrected chi connectivity index (χ3v) is 4.34. The van der Waals surface area contributed by atoms with E-state index in [9.17, 15) is 0 Å². The molecule has 0 aliphatic carbocycles. The fraction of sp³-hybridized carbons (Fsp3) is 0.421. The van der Waals surface area contributed by atoms with E-state index in [1.165, 1.54) is 19.3 Å². The Bertz CT molecular complexity index is 673. The predicted octanol–water partition coefficient (Wildman–Crippen LogP) is 3.40. The van der Waals surface area contributed by atoms with Gasteiger partial charge < -0.3 is 14.8 Å². The molecule has 0 radical (unpaired) electrons. The summed E-state index contributed by atoms with van der Waals surface area (Å²) in [6.07, 6.45) is 7.99. The maximum absolute atomic E-state index is 5.58. The third-order valence-electron chi connectivity index (χ3n) is 4.34. The number of ether oxygens (including phenoxy) is 2. The average molecular weight is 328 g/mol. The number of allylic oxidation sites excluding steroid dienone is 2. The van der Waals surface area contributed by atoms with Gasteiger partial charge in [0.25, 0.3) is 5.82 Å². The van der Waals surface area contributed by atoms with Crippen LogP contribution in [0, 0.1) is 0 Å². The predicted molar refractivity (Wildman–Crippen MR) is 96.8 cm³/mol. The molecule has 2 aliphatic rings. The Hall–Kier alpha value is -2.43. The highest BCUT2D eigenvalue weighted by atomic mass is 16.7. The first-order valence-electron chi connectivity index (χ1n) is 8.52. The Morgan fingerprint density at radius 3 is 2.75 bits per heavy atom.